The van der Waals surface area contributed by atoms with Gasteiger partial charge in [0.05, 0.1) is 18.5 Å². The van der Waals surface area contributed by atoms with E-state index >= 15 is 0 Å². The molecule has 1 N–H and O–H groups in total. The van der Waals surface area contributed by atoms with E-state index in [2.05, 4.69) is 26.5 Å². The Hall–Kier alpha value is -0.530. The molecule has 1 unspecified atom stereocenters. The molecule has 2 aliphatic rings. The van der Waals surface area contributed by atoms with Crippen molar-refractivity contribution in [1.82, 2.24) is 24.3 Å². The molecule has 2 aliphatic heterocycles. The Balaban J connectivity index is 0.00000300. The van der Waals surface area contributed by atoms with Crippen molar-refractivity contribution in [2.24, 2.45) is 18.0 Å². The largest absolute Gasteiger partial charge is 0.357 e. The summed E-state index contributed by atoms with van der Waals surface area (Å²) in [4.78, 5) is 6.88. The average molecular weight is 557 g/mol. The van der Waals surface area contributed by atoms with Crippen LogP contribution in [0.4, 0.5) is 0 Å². The SMILES string of the molecule is CCNC(=NCCS(=O)(=O)N1CCSCC1)N1CCC(Cc2cnn(C)c2)C1.I. The Kier molecular flexibility index (Phi) is 10.0. The Bertz CT molecular complexity index is 764. The molecule has 11 heteroatoms. The number of nitrogens with one attached hydrogen (secondary N) is 1. The van der Waals surface area contributed by atoms with Gasteiger partial charge in [-0.05, 0) is 31.2 Å². The van der Waals surface area contributed by atoms with Crippen molar-refractivity contribution in [3.05, 3.63) is 18.0 Å². The van der Waals surface area contributed by atoms with Gasteiger partial charge in [-0.1, -0.05) is 0 Å². The number of aromatic nitrogens is 2. The summed E-state index contributed by atoms with van der Waals surface area (Å²) in [5.74, 6) is 3.26. The third kappa shape index (κ3) is 7.28. The van der Waals surface area contributed by atoms with E-state index in [1.54, 1.807) is 4.31 Å². The summed E-state index contributed by atoms with van der Waals surface area (Å²) in [7, 11) is -1.27. The summed E-state index contributed by atoms with van der Waals surface area (Å²) in [6.45, 7) is 6.26. The molecular weight excluding hydrogens is 523 g/mol. The molecule has 0 spiro atoms. The molecule has 0 aromatic carbocycles. The van der Waals surface area contributed by atoms with E-state index in [1.165, 1.54) is 5.56 Å². The molecule has 1 aromatic rings. The molecule has 0 amide bonds. The van der Waals surface area contributed by atoms with Crippen LogP contribution < -0.4 is 5.32 Å². The van der Waals surface area contributed by atoms with E-state index < -0.39 is 10.0 Å². The first-order valence-electron chi connectivity index (χ1n) is 10.0. The predicted molar refractivity (Wildman–Crippen MR) is 131 cm³/mol. The summed E-state index contributed by atoms with van der Waals surface area (Å²) in [6, 6.07) is 0. The summed E-state index contributed by atoms with van der Waals surface area (Å²) in [6.07, 6.45) is 6.14. The monoisotopic (exact) mass is 556 g/mol. The van der Waals surface area contributed by atoms with Crippen LogP contribution in [0.1, 0.15) is 18.9 Å². The number of aliphatic imine (C=N–C) groups is 1. The van der Waals surface area contributed by atoms with Crippen LogP contribution in [0, 0.1) is 5.92 Å². The van der Waals surface area contributed by atoms with Gasteiger partial charge in [-0.3, -0.25) is 9.67 Å². The molecule has 0 aliphatic carbocycles. The van der Waals surface area contributed by atoms with Crippen molar-refractivity contribution in [3.8, 4) is 0 Å². The quantitative estimate of drug-likeness (QED) is 0.309. The number of hydrogen-bond acceptors (Lipinski definition) is 5. The summed E-state index contributed by atoms with van der Waals surface area (Å²) >= 11 is 1.81. The Morgan fingerprint density at radius 1 is 1.34 bits per heavy atom. The minimum absolute atomic E-state index is 0. The molecule has 1 atom stereocenters. The molecule has 3 rings (SSSR count). The van der Waals surface area contributed by atoms with Crippen LogP contribution in [0.3, 0.4) is 0 Å². The molecule has 0 radical (unpaired) electrons. The lowest BCUT2D eigenvalue weighted by Crippen LogP contribution is -2.42. The molecule has 0 saturated carbocycles. The first-order chi connectivity index (χ1) is 13.5. The first kappa shape index (κ1) is 24.7. The number of likely N-dealkylation sites (tertiary alicyclic amines) is 1. The van der Waals surface area contributed by atoms with Gasteiger partial charge in [0.2, 0.25) is 10.0 Å². The average Bonchev–Trinajstić information content (AvgIpc) is 3.31. The number of halogens is 1. The Morgan fingerprint density at radius 2 is 2.10 bits per heavy atom. The Labute approximate surface area is 195 Å². The highest BCUT2D eigenvalue weighted by Crippen LogP contribution is 2.21. The second kappa shape index (κ2) is 11.8. The molecule has 29 heavy (non-hydrogen) atoms. The van der Waals surface area contributed by atoms with Gasteiger partial charge in [-0.15, -0.1) is 24.0 Å². The topological polar surface area (TPSA) is 82.8 Å². The number of rotatable bonds is 7. The van der Waals surface area contributed by atoms with Crippen molar-refractivity contribution in [1.29, 1.82) is 0 Å². The van der Waals surface area contributed by atoms with Gasteiger partial charge in [-0.25, -0.2) is 12.7 Å². The number of thioether (sulfide) groups is 1. The number of aryl methyl sites for hydroxylation is 1. The number of guanidine groups is 1. The number of hydrogen-bond donors (Lipinski definition) is 1. The third-order valence-corrected chi connectivity index (χ3v) is 7.97. The highest BCUT2D eigenvalue weighted by molar-refractivity contribution is 14.0. The van der Waals surface area contributed by atoms with Gasteiger partial charge in [0.1, 0.15) is 0 Å². The summed E-state index contributed by atoms with van der Waals surface area (Å²) in [5.41, 5.74) is 1.27. The zero-order chi connectivity index (χ0) is 20.0. The van der Waals surface area contributed by atoms with Crippen molar-refractivity contribution in [2.45, 2.75) is 19.8 Å². The van der Waals surface area contributed by atoms with E-state index in [1.807, 2.05) is 36.6 Å². The lowest BCUT2D eigenvalue weighted by molar-refractivity contribution is 0.443. The van der Waals surface area contributed by atoms with Crippen LogP contribution in [0.5, 0.6) is 0 Å². The summed E-state index contributed by atoms with van der Waals surface area (Å²) < 4.78 is 28.5. The lowest BCUT2D eigenvalue weighted by atomic mass is 10.0. The first-order valence-corrected chi connectivity index (χ1v) is 12.8. The van der Waals surface area contributed by atoms with Gasteiger partial charge >= 0.3 is 0 Å². The fraction of sp³-hybridized carbons (Fsp3) is 0.778. The zero-order valence-electron chi connectivity index (χ0n) is 17.3. The molecule has 0 bridgehead atoms. The number of sulfonamides is 1. The van der Waals surface area contributed by atoms with Crippen LogP contribution in [-0.2, 0) is 23.5 Å². The van der Waals surface area contributed by atoms with Crippen LogP contribution in [0.25, 0.3) is 0 Å². The normalized spacial score (nSPS) is 21.2. The van der Waals surface area contributed by atoms with E-state index in [-0.39, 0.29) is 29.7 Å². The van der Waals surface area contributed by atoms with Crippen molar-refractivity contribution in [2.75, 3.05) is 56.5 Å². The second-order valence-corrected chi connectivity index (χ2v) is 10.7. The van der Waals surface area contributed by atoms with Gasteiger partial charge in [0.25, 0.3) is 0 Å². The Morgan fingerprint density at radius 3 is 2.76 bits per heavy atom. The van der Waals surface area contributed by atoms with E-state index in [0.29, 0.717) is 25.6 Å². The van der Waals surface area contributed by atoms with Crippen molar-refractivity contribution >= 4 is 51.7 Å². The fourth-order valence-electron chi connectivity index (χ4n) is 3.75. The van der Waals surface area contributed by atoms with Gasteiger partial charge < -0.3 is 10.2 Å². The van der Waals surface area contributed by atoms with Crippen LogP contribution in [0.2, 0.25) is 0 Å². The predicted octanol–water partition coefficient (Wildman–Crippen LogP) is 1.25. The van der Waals surface area contributed by atoms with Crippen molar-refractivity contribution in [3.63, 3.8) is 0 Å². The maximum absolute atomic E-state index is 12.5. The van der Waals surface area contributed by atoms with E-state index in [9.17, 15) is 8.42 Å². The molecule has 2 fully saturated rings. The molecule has 8 nitrogen and oxygen atoms in total. The second-order valence-electron chi connectivity index (χ2n) is 7.39. The maximum atomic E-state index is 12.5. The fourth-order valence-corrected chi connectivity index (χ4v) is 6.20. The highest BCUT2D eigenvalue weighted by atomic mass is 127. The molecule has 2 saturated heterocycles. The van der Waals surface area contributed by atoms with Gasteiger partial charge in [0, 0.05) is 57.5 Å². The van der Waals surface area contributed by atoms with Crippen LogP contribution in [-0.4, -0.2) is 89.9 Å². The standard InChI is InChI=1S/C18H32N6O2S2.HI/c1-3-19-18(20-5-11-28(25,26)24-7-9-27-10-8-24)23-6-4-16(15-23)12-17-13-21-22(2)14-17;/h13-14,16H,3-12,15H2,1-2H3,(H,19,20);1H. The van der Waals surface area contributed by atoms with Crippen LogP contribution >= 0.6 is 35.7 Å². The smallest absolute Gasteiger partial charge is 0.215 e. The van der Waals surface area contributed by atoms with Crippen molar-refractivity contribution < 1.29 is 8.42 Å². The van der Waals surface area contributed by atoms with Gasteiger partial charge in [-0.2, -0.15) is 16.9 Å². The summed E-state index contributed by atoms with van der Waals surface area (Å²) in [5, 5.41) is 7.58. The lowest BCUT2D eigenvalue weighted by Gasteiger charge is -2.25. The van der Waals surface area contributed by atoms with Crippen LogP contribution in [0.15, 0.2) is 17.4 Å². The van der Waals surface area contributed by atoms with E-state index in [4.69, 9.17) is 0 Å². The molecular formula is C18H33IN6O2S2. The van der Waals surface area contributed by atoms with E-state index in [0.717, 1.165) is 49.9 Å². The molecule has 3 heterocycles. The molecule has 1 aromatic heterocycles. The zero-order valence-corrected chi connectivity index (χ0v) is 21.3. The maximum Gasteiger partial charge on any atom is 0.215 e. The number of nitrogens with zero attached hydrogens (tertiary/aromatic N) is 5. The molecule has 166 valence electrons. The highest BCUT2D eigenvalue weighted by Gasteiger charge is 2.26. The minimum atomic E-state index is -3.21. The third-order valence-electron chi connectivity index (χ3n) is 5.18. The van der Waals surface area contributed by atoms with Gasteiger partial charge in [0.15, 0.2) is 5.96 Å². The minimum Gasteiger partial charge on any atom is -0.357 e.